The number of pyridine rings is 1. The van der Waals surface area contributed by atoms with Crippen molar-refractivity contribution in [3.8, 4) is 0 Å². The summed E-state index contributed by atoms with van der Waals surface area (Å²) in [6.07, 6.45) is 1.95. The van der Waals surface area contributed by atoms with E-state index >= 15 is 0 Å². The molecule has 0 aliphatic carbocycles. The number of rotatable bonds is 2. The Morgan fingerprint density at radius 3 is 3.00 bits per heavy atom. The molecule has 98 valence electrons. The second-order valence-electron chi connectivity index (χ2n) is 4.97. The number of hydrogen-bond donors (Lipinski definition) is 1. The Kier molecular flexibility index (Phi) is 2.85. The molecular formula is C15H16N2O2. The predicted molar refractivity (Wildman–Crippen MR) is 74.5 cm³/mol. The third kappa shape index (κ3) is 2.03. The number of carboxylic acid groups (broad SMARTS) is 1. The predicted octanol–water partition coefficient (Wildman–Crippen LogP) is 2.46. The number of para-hydroxylation sites is 1. The minimum Gasteiger partial charge on any atom is -0.480 e. The minimum absolute atomic E-state index is 0.535. The lowest BCUT2D eigenvalue weighted by Crippen LogP contribution is -2.42. The molecule has 0 radical (unpaired) electrons. The van der Waals surface area contributed by atoms with Crippen LogP contribution in [-0.4, -0.2) is 28.6 Å². The summed E-state index contributed by atoms with van der Waals surface area (Å²) in [7, 11) is 0. The highest BCUT2D eigenvalue weighted by molar-refractivity contribution is 5.84. The van der Waals surface area contributed by atoms with E-state index in [0.717, 1.165) is 41.7 Å². The second kappa shape index (κ2) is 4.53. The Balaban J connectivity index is 2.13. The molecule has 1 N–H and O–H groups in total. The van der Waals surface area contributed by atoms with Gasteiger partial charge in [0.15, 0.2) is 0 Å². The minimum atomic E-state index is -0.803. The van der Waals surface area contributed by atoms with E-state index in [-0.39, 0.29) is 0 Å². The zero-order valence-electron chi connectivity index (χ0n) is 10.8. The molecule has 1 aliphatic heterocycles. The van der Waals surface area contributed by atoms with Gasteiger partial charge in [-0.3, -0.25) is 0 Å². The van der Waals surface area contributed by atoms with Crippen LogP contribution in [0, 0.1) is 0 Å². The molecule has 2 aromatic rings. The van der Waals surface area contributed by atoms with Crippen molar-refractivity contribution in [3.63, 3.8) is 0 Å². The van der Waals surface area contributed by atoms with Crippen LogP contribution in [0.3, 0.4) is 0 Å². The largest absolute Gasteiger partial charge is 0.480 e. The molecule has 1 unspecified atom stereocenters. The summed E-state index contributed by atoms with van der Waals surface area (Å²) in [6.45, 7) is 2.47. The van der Waals surface area contributed by atoms with E-state index in [9.17, 15) is 9.90 Å². The first kappa shape index (κ1) is 12.0. The molecule has 4 nitrogen and oxygen atoms in total. The van der Waals surface area contributed by atoms with Crippen molar-refractivity contribution in [3.05, 3.63) is 35.9 Å². The van der Waals surface area contributed by atoms with Crippen LogP contribution in [0.1, 0.15) is 18.9 Å². The fraction of sp³-hybridized carbons (Fsp3) is 0.333. The second-order valence-corrected chi connectivity index (χ2v) is 4.97. The van der Waals surface area contributed by atoms with E-state index in [1.54, 1.807) is 6.92 Å². The van der Waals surface area contributed by atoms with E-state index < -0.39 is 12.0 Å². The van der Waals surface area contributed by atoms with E-state index in [0.29, 0.717) is 0 Å². The number of carboxylic acids is 1. The fourth-order valence-electron chi connectivity index (χ4n) is 2.64. The van der Waals surface area contributed by atoms with Crippen LogP contribution in [-0.2, 0) is 11.2 Å². The van der Waals surface area contributed by atoms with Gasteiger partial charge in [-0.2, -0.15) is 0 Å². The van der Waals surface area contributed by atoms with Gasteiger partial charge in [-0.05, 0) is 37.5 Å². The molecule has 1 aromatic carbocycles. The molecule has 0 fully saturated rings. The quantitative estimate of drug-likeness (QED) is 0.896. The lowest BCUT2D eigenvalue weighted by Gasteiger charge is -2.33. The van der Waals surface area contributed by atoms with Gasteiger partial charge in [0.25, 0.3) is 0 Å². The van der Waals surface area contributed by atoms with Gasteiger partial charge in [0.1, 0.15) is 11.9 Å². The fourth-order valence-corrected chi connectivity index (χ4v) is 2.64. The molecule has 19 heavy (non-hydrogen) atoms. The van der Waals surface area contributed by atoms with Gasteiger partial charge < -0.3 is 10.0 Å². The molecule has 0 amide bonds. The Morgan fingerprint density at radius 1 is 1.42 bits per heavy atom. The number of benzene rings is 1. The average Bonchev–Trinajstić information content (AvgIpc) is 2.43. The molecule has 0 bridgehead atoms. The number of hydrogen-bond acceptors (Lipinski definition) is 3. The summed E-state index contributed by atoms with van der Waals surface area (Å²) in [5.41, 5.74) is 2.07. The van der Waals surface area contributed by atoms with E-state index in [4.69, 9.17) is 0 Å². The number of carbonyl (C=O) groups is 1. The van der Waals surface area contributed by atoms with Crippen LogP contribution in [0.5, 0.6) is 0 Å². The smallest absolute Gasteiger partial charge is 0.326 e. The molecule has 2 heterocycles. The molecule has 0 saturated heterocycles. The summed E-state index contributed by atoms with van der Waals surface area (Å²) in [4.78, 5) is 17.8. The highest BCUT2D eigenvalue weighted by Gasteiger charge is 2.27. The molecule has 0 saturated carbocycles. The topological polar surface area (TPSA) is 53.4 Å². The standard InChI is InChI=1S/C15H16N2O2/c1-10(15(18)19)17-8-4-6-12-9-11-5-2-3-7-13(11)16-14(12)17/h2-3,5,7,9-10H,4,6,8H2,1H3,(H,18,19). The summed E-state index contributed by atoms with van der Waals surface area (Å²) < 4.78 is 0. The van der Waals surface area contributed by atoms with Crippen molar-refractivity contribution in [2.45, 2.75) is 25.8 Å². The zero-order valence-corrected chi connectivity index (χ0v) is 10.8. The molecular weight excluding hydrogens is 240 g/mol. The Bertz CT molecular complexity index is 639. The van der Waals surface area contributed by atoms with E-state index in [1.807, 2.05) is 29.2 Å². The number of aryl methyl sites for hydroxylation is 1. The third-order valence-electron chi connectivity index (χ3n) is 3.72. The molecule has 1 atom stereocenters. The monoisotopic (exact) mass is 256 g/mol. The Hall–Kier alpha value is -2.10. The Morgan fingerprint density at radius 2 is 2.21 bits per heavy atom. The first-order valence-corrected chi connectivity index (χ1v) is 6.55. The average molecular weight is 256 g/mol. The summed E-state index contributed by atoms with van der Waals surface area (Å²) in [6, 6.07) is 9.56. The number of fused-ring (bicyclic) bond motifs is 2. The highest BCUT2D eigenvalue weighted by Crippen LogP contribution is 2.29. The number of nitrogens with zero attached hydrogens (tertiary/aromatic N) is 2. The van der Waals surface area contributed by atoms with Crippen LogP contribution >= 0.6 is 0 Å². The van der Waals surface area contributed by atoms with Crippen molar-refractivity contribution < 1.29 is 9.90 Å². The van der Waals surface area contributed by atoms with Gasteiger partial charge >= 0.3 is 5.97 Å². The summed E-state index contributed by atoms with van der Waals surface area (Å²) in [5, 5.41) is 10.3. The van der Waals surface area contributed by atoms with Gasteiger partial charge in [-0.25, -0.2) is 9.78 Å². The normalized spacial score (nSPS) is 16.2. The third-order valence-corrected chi connectivity index (χ3v) is 3.72. The van der Waals surface area contributed by atoms with E-state index in [2.05, 4.69) is 11.1 Å². The zero-order chi connectivity index (χ0) is 13.4. The van der Waals surface area contributed by atoms with Gasteiger partial charge in [0, 0.05) is 11.9 Å². The van der Waals surface area contributed by atoms with Crippen LogP contribution in [0.25, 0.3) is 10.9 Å². The SMILES string of the molecule is CC(C(=O)O)N1CCCc2cc3ccccc3nc21. The highest BCUT2D eigenvalue weighted by atomic mass is 16.4. The van der Waals surface area contributed by atoms with Crippen molar-refractivity contribution >= 4 is 22.7 Å². The number of aliphatic carboxylic acids is 1. The molecule has 0 spiro atoms. The van der Waals surface area contributed by atoms with Crippen molar-refractivity contribution in [1.29, 1.82) is 0 Å². The van der Waals surface area contributed by atoms with Crippen molar-refractivity contribution in [2.24, 2.45) is 0 Å². The maximum Gasteiger partial charge on any atom is 0.326 e. The molecule has 4 heteroatoms. The van der Waals surface area contributed by atoms with Gasteiger partial charge in [0.05, 0.1) is 5.52 Å². The first-order chi connectivity index (χ1) is 9.16. The van der Waals surface area contributed by atoms with Crippen LogP contribution in [0.4, 0.5) is 5.82 Å². The van der Waals surface area contributed by atoms with Crippen LogP contribution in [0.15, 0.2) is 30.3 Å². The maximum absolute atomic E-state index is 11.2. The van der Waals surface area contributed by atoms with Crippen molar-refractivity contribution in [1.82, 2.24) is 4.98 Å². The lowest BCUT2D eigenvalue weighted by atomic mass is 10.0. The van der Waals surface area contributed by atoms with Crippen LogP contribution in [0.2, 0.25) is 0 Å². The molecule has 1 aromatic heterocycles. The maximum atomic E-state index is 11.2. The van der Waals surface area contributed by atoms with Gasteiger partial charge in [-0.1, -0.05) is 18.2 Å². The molecule has 3 rings (SSSR count). The van der Waals surface area contributed by atoms with Gasteiger partial charge in [0.2, 0.25) is 0 Å². The Labute approximate surface area is 111 Å². The number of aromatic nitrogens is 1. The van der Waals surface area contributed by atoms with Gasteiger partial charge in [-0.15, -0.1) is 0 Å². The number of anilines is 1. The molecule has 1 aliphatic rings. The van der Waals surface area contributed by atoms with Crippen LogP contribution < -0.4 is 4.90 Å². The summed E-state index contributed by atoms with van der Waals surface area (Å²) >= 11 is 0. The van der Waals surface area contributed by atoms with Crippen molar-refractivity contribution in [2.75, 3.05) is 11.4 Å². The first-order valence-electron chi connectivity index (χ1n) is 6.55. The lowest BCUT2D eigenvalue weighted by molar-refractivity contribution is -0.138. The van der Waals surface area contributed by atoms with E-state index in [1.165, 1.54) is 0 Å². The summed E-state index contributed by atoms with van der Waals surface area (Å²) in [5.74, 6) is 0.0302.